The van der Waals surface area contributed by atoms with Crippen molar-refractivity contribution in [1.29, 1.82) is 0 Å². The summed E-state index contributed by atoms with van der Waals surface area (Å²) in [6, 6.07) is 5.92. The summed E-state index contributed by atoms with van der Waals surface area (Å²) in [5, 5.41) is 12.0. The van der Waals surface area contributed by atoms with Crippen molar-refractivity contribution in [3.63, 3.8) is 0 Å². The molecule has 0 aliphatic heterocycles. The molecule has 1 atom stereocenters. The quantitative estimate of drug-likeness (QED) is 0.746. The van der Waals surface area contributed by atoms with Gasteiger partial charge in [-0.2, -0.15) is 0 Å². The average Bonchev–Trinajstić information content (AvgIpc) is 2.73. The Labute approximate surface area is 112 Å². The number of hydrogen-bond acceptors (Lipinski definition) is 3. The molecule has 1 N–H and O–H groups in total. The number of halogens is 2. The van der Waals surface area contributed by atoms with Crippen molar-refractivity contribution in [2.45, 2.75) is 6.10 Å². The van der Waals surface area contributed by atoms with Gasteiger partial charge in [0.1, 0.15) is 6.10 Å². The van der Waals surface area contributed by atoms with Gasteiger partial charge in [0.05, 0.1) is 6.67 Å². The fourth-order valence-electron chi connectivity index (χ4n) is 1.11. The molecule has 2 heterocycles. The summed E-state index contributed by atoms with van der Waals surface area (Å²) in [7, 11) is 0. The first-order chi connectivity index (χ1) is 6.66. The first kappa shape index (κ1) is 11.1. The summed E-state index contributed by atoms with van der Waals surface area (Å²) in [6.07, 6.45) is -0.480. The highest BCUT2D eigenvalue weighted by Gasteiger charge is 2.13. The molecule has 0 amide bonds. The van der Waals surface area contributed by atoms with Crippen LogP contribution in [0.5, 0.6) is 0 Å². The van der Waals surface area contributed by atoms with Crippen molar-refractivity contribution in [2.24, 2.45) is 0 Å². The molecule has 0 aliphatic rings. The molecule has 0 aromatic carbocycles. The molecule has 74 valence electrons. The van der Waals surface area contributed by atoms with Crippen LogP contribution < -0.4 is 0 Å². The second kappa shape index (κ2) is 4.61. The van der Waals surface area contributed by atoms with Crippen LogP contribution in [0.3, 0.4) is 0 Å². The van der Waals surface area contributed by atoms with E-state index >= 15 is 0 Å². The van der Waals surface area contributed by atoms with Gasteiger partial charge in [0, 0.05) is 4.88 Å². The SMILES string of the molecule is OC(c1csc(I)c1)c1ccc(Br)s1. The van der Waals surface area contributed by atoms with Crippen molar-refractivity contribution in [1.82, 2.24) is 0 Å². The maximum Gasteiger partial charge on any atom is 0.114 e. The van der Waals surface area contributed by atoms with Gasteiger partial charge < -0.3 is 5.11 Å². The Hall–Kier alpha value is 0.570. The van der Waals surface area contributed by atoms with Gasteiger partial charge in [0.25, 0.3) is 0 Å². The van der Waals surface area contributed by atoms with E-state index in [4.69, 9.17) is 0 Å². The van der Waals surface area contributed by atoms with Crippen LogP contribution in [0.1, 0.15) is 16.5 Å². The number of thiophene rings is 2. The minimum atomic E-state index is -0.480. The molecule has 1 unspecified atom stereocenters. The Morgan fingerprint density at radius 2 is 2.21 bits per heavy atom. The maximum absolute atomic E-state index is 10.0. The van der Waals surface area contributed by atoms with E-state index in [1.165, 1.54) is 2.88 Å². The number of aliphatic hydroxyl groups is 1. The van der Waals surface area contributed by atoms with Gasteiger partial charge in [-0.1, -0.05) is 0 Å². The summed E-state index contributed by atoms with van der Waals surface area (Å²) in [5.74, 6) is 0. The molecule has 14 heavy (non-hydrogen) atoms. The van der Waals surface area contributed by atoms with Crippen LogP contribution in [0.4, 0.5) is 0 Å². The van der Waals surface area contributed by atoms with E-state index in [1.807, 2.05) is 23.6 Å². The zero-order valence-corrected chi connectivity index (χ0v) is 12.3. The Kier molecular flexibility index (Phi) is 3.64. The lowest BCUT2D eigenvalue weighted by Crippen LogP contribution is -1.93. The van der Waals surface area contributed by atoms with Crippen LogP contribution >= 0.6 is 61.2 Å². The summed E-state index contributed by atoms with van der Waals surface area (Å²) < 4.78 is 2.25. The van der Waals surface area contributed by atoms with Crippen LogP contribution in [-0.4, -0.2) is 5.11 Å². The molecule has 0 bridgehead atoms. The first-order valence-corrected chi connectivity index (χ1v) is 7.41. The number of hydrogen-bond donors (Lipinski definition) is 1. The van der Waals surface area contributed by atoms with Crippen molar-refractivity contribution in [2.75, 3.05) is 0 Å². The highest BCUT2D eigenvalue weighted by Crippen LogP contribution is 2.33. The molecule has 0 aliphatic carbocycles. The van der Waals surface area contributed by atoms with Gasteiger partial charge in [0.2, 0.25) is 0 Å². The topological polar surface area (TPSA) is 20.2 Å². The van der Waals surface area contributed by atoms with E-state index in [0.717, 1.165) is 14.2 Å². The molecule has 2 aromatic heterocycles. The van der Waals surface area contributed by atoms with Gasteiger partial charge in [-0.05, 0) is 67.7 Å². The van der Waals surface area contributed by atoms with E-state index in [0.29, 0.717) is 0 Å². The monoisotopic (exact) mass is 400 g/mol. The first-order valence-electron chi connectivity index (χ1n) is 3.84. The third-order valence-corrected chi connectivity index (χ3v) is 5.25. The zero-order valence-electron chi connectivity index (χ0n) is 6.91. The molecule has 0 fully saturated rings. The van der Waals surface area contributed by atoms with Crippen molar-refractivity contribution >= 4 is 61.2 Å². The van der Waals surface area contributed by atoms with Crippen molar-refractivity contribution in [3.05, 3.63) is 40.7 Å². The molecule has 1 nitrogen and oxygen atoms in total. The largest absolute Gasteiger partial charge is 0.383 e. The summed E-state index contributed by atoms with van der Waals surface area (Å²) in [6.45, 7) is 0. The third kappa shape index (κ3) is 2.38. The Bertz CT molecular complexity index is 397. The molecule has 0 saturated carbocycles. The summed E-state index contributed by atoms with van der Waals surface area (Å²) in [4.78, 5) is 0.978. The van der Waals surface area contributed by atoms with E-state index in [-0.39, 0.29) is 0 Å². The Morgan fingerprint density at radius 3 is 2.71 bits per heavy atom. The third-order valence-electron chi connectivity index (χ3n) is 1.77. The van der Waals surface area contributed by atoms with E-state index < -0.39 is 6.10 Å². The van der Waals surface area contributed by atoms with Gasteiger partial charge in [0.15, 0.2) is 0 Å². The van der Waals surface area contributed by atoms with Gasteiger partial charge in [-0.25, -0.2) is 0 Å². The van der Waals surface area contributed by atoms with Crippen LogP contribution in [-0.2, 0) is 0 Å². The van der Waals surface area contributed by atoms with E-state index in [2.05, 4.69) is 38.5 Å². The normalized spacial score (nSPS) is 13.1. The highest BCUT2D eigenvalue weighted by molar-refractivity contribution is 14.1. The Balaban J connectivity index is 2.28. The molecule has 0 saturated heterocycles. The van der Waals surface area contributed by atoms with Crippen LogP contribution in [0.15, 0.2) is 27.4 Å². The maximum atomic E-state index is 10.0. The molecule has 5 heteroatoms. The number of aliphatic hydroxyl groups excluding tert-OH is 1. The molecule has 2 rings (SSSR count). The summed E-state index contributed by atoms with van der Waals surface area (Å²) in [5.41, 5.74) is 0.980. The van der Waals surface area contributed by atoms with Gasteiger partial charge in [-0.15, -0.1) is 22.7 Å². The van der Waals surface area contributed by atoms with Crippen molar-refractivity contribution in [3.8, 4) is 0 Å². The number of rotatable bonds is 2. The fourth-order valence-corrected chi connectivity index (χ4v) is 3.93. The predicted molar refractivity (Wildman–Crippen MR) is 73.1 cm³/mol. The molecular weight excluding hydrogens is 395 g/mol. The van der Waals surface area contributed by atoms with E-state index in [1.54, 1.807) is 22.7 Å². The van der Waals surface area contributed by atoms with Crippen LogP contribution in [0.2, 0.25) is 0 Å². The zero-order chi connectivity index (χ0) is 10.1. The standard InChI is InChI=1S/C9H6BrIOS2/c10-7-2-1-6(14-7)9(12)5-3-8(11)13-4-5/h1-4,9,12H. The lowest BCUT2D eigenvalue weighted by molar-refractivity contribution is 0.224. The summed E-state index contributed by atoms with van der Waals surface area (Å²) >= 11 is 8.87. The molecule has 0 radical (unpaired) electrons. The smallest absolute Gasteiger partial charge is 0.114 e. The molecule has 2 aromatic rings. The lowest BCUT2D eigenvalue weighted by Gasteiger charge is -2.04. The van der Waals surface area contributed by atoms with Gasteiger partial charge in [-0.3, -0.25) is 0 Å². The lowest BCUT2D eigenvalue weighted by atomic mass is 10.2. The highest BCUT2D eigenvalue weighted by atomic mass is 127. The molecule has 0 spiro atoms. The fraction of sp³-hybridized carbons (Fsp3) is 0.111. The van der Waals surface area contributed by atoms with Crippen LogP contribution in [0.25, 0.3) is 0 Å². The molecular formula is C9H6BrIOS2. The minimum Gasteiger partial charge on any atom is -0.383 e. The minimum absolute atomic E-state index is 0.480. The predicted octanol–water partition coefficient (Wildman–Crippen LogP) is 4.26. The second-order valence-electron chi connectivity index (χ2n) is 2.73. The second-order valence-corrected chi connectivity index (χ2v) is 8.03. The Morgan fingerprint density at radius 1 is 1.43 bits per heavy atom. The van der Waals surface area contributed by atoms with Gasteiger partial charge >= 0.3 is 0 Å². The van der Waals surface area contributed by atoms with Crippen molar-refractivity contribution < 1.29 is 5.11 Å². The van der Waals surface area contributed by atoms with Crippen LogP contribution in [0, 0.1) is 2.88 Å². The van der Waals surface area contributed by atoms with E-state index in [9.17, 15) is 5.11 Å². The average molecular weight is 401 g/mol.